The Labute approximate surface area is 133 Å². The van der Waals surface area contributed by atoms with Crippen molar-refractivity contribution in [3.05, 3.63) is 29.3 Å². The fourth-order valence-electron chi connectivity index (χ4n) is 2.67. The number of carbonyl (C=O) groups is 1. The largest absolute Gasteiger partial charge is 0.335 e. The molecule has 0 radical (unpaired) electrons. The quantitative estimate of drug-likeness (QED) is 0.760. The molecule has 1 aromatic carbocycles. The molecule has 2 heterocycles. The van der Waals surface area contributed by atoms with Crippen molar-refractivity contribution in [1.29, 1.82) is 0 Å². The van der Waals surface area contributed by atoms with Gasteiger partial charge in [0.15, 0.2) is 14.9 Å². The predicted octanol–water partition coefficient (Wildman–Crippen LogP) is 1.46. The van der Waals surface area contributed by atoms with E-state index < -0.39 is 9.84 Å². The van der Waals surface area contributed by atoms with Gasteiger partial charge in [-0.25, -0.2) is 8.42 Å². The first-order chi connectivity index (χ1) is 9.87. The average Bonchev–Trinajstić information content (AvgIpc) is 2.91. The molecule has 0 bridgehead atoms. The van der Waals surface area contributed by atoms with Crippen LogP contribution in [0.15, 0.2) is 24.3 Å². The van der Waals surface area contributed by atoms with Gasteiger partial charge in [-0.1, -0.05) is 11.6 Å². The molecule has 2 aliphatic heterocycles. The monoisotopic (exact) mass is 344 g/mol. The van der Waals surface area contributed by atoms with Gasteiger partial charge in [-0.2, -0.15) is 0 Å². The number of sulfone groups is 1. The van der Waals surface area contributed by atoms with E-state index in [4.69, 9.17) is 23.8 Å². The molecule has 0 spiro atoms. The molecule has 21 heavy (non-hydrogen) atoms. The summed E-state index contributed by atoms with van der Waals surface area (Å²) in [6, 6.07) is 6.62. The van der Waals surface area contributed by atoms with Gasteiger partial charge in [-0.15, -0.1) is 0 Å². The van der Waals surface area contributed by atoms with Crippen LogP contribution in [0, 0.1) is 0 Å². The van der Waals surface area contributed by atoms with Gasteiger partial charge in [0, 0.05) is 11.1 Å². The van der Waals surface area contributed by atoms with E-state index in [9.17, 15) is 13.2 Å². The van der Waals surface area contributed by atoms with Crippen LogP contribution in [0.3, 0.4) is 0 Å². The zero-order chi connectivity index (χ0) is 15.2. The van der Waals surface area contributed by atoms with Crippen LogP contribution in [0.25, 0.3) is 0 Å². The standard InChI is InChI=1S/C13H13ClN2O3S2/c14-9-1-3-10(4-2-9)16-12(17)7-15(13(16)20)11-5-6-21(18,19)8-11/h1-4,11H,5-8H2/t11-/m1/s1. The summed E-state index contributed by atoms with van der Waals surface area (Å²) in [5, 5.41) is 0.944. The number of carbonyl (C=O) groups excluding carboxylic acids is 1. The molecule has 0 N–H and O–H groups in total. The number of hydrogen-bond donors (Lipinski definition) is 0. The van der Waals surface area contributed by atoms with Gasteiger partial charge in [-0.05, 0) is 42.9 Å². The van der Waals surface area contributed by atoms with Gasteiger partial charge in [-0.3, -0.25) is 9.69 Å². The van der Waals surface area contributed by atoms with Crippen molar-refractivity contribution in [2.75, 3.05) is 23.0 Å². The van der Waals surface area contributed by atoms with Crippen LogP contribution in [-0.4, -0.2) is 48.4 Å². The molecule has 1 aromatic rings. The smallest absolute Gasteiger partial charge is 0.252 e. The van der Waals surface area contributed by atoms with Crippen LogP contribution in [0.4, 0.5) is 5.69 Å². The molecule has 2 fully saturated rings. The maximum atomic E-state index is 12.2. The van der Waals surface area contributed by atoms with Crippen LogP contribution in [0.1, 0.15) is 6.42 Å². The minimum Gasteiger partial charge on any atom is -0.335 e. The highest BCUT2D eigenvalue weighted by molar-refractivity contribution is 7.91. The highest BCUT2D eigenvalue weighted by Crippen LogP contribution is 2.27. The van der Waals surface area contributed by atoms with E-state index in [1.165, 1.54) is 4.90 Å². The minimum atomic E-state index is -3.01. The molecule has 0 aliphatic carbocycles. The maximum absolute atomic E-state index is 12.2. The van der Waals surface area contributed by atoms with Gasteiger partial charge < -0.3 is 4.90 Å². The van der Waals surface area contributed by atoms with Crippen molar-refractivity contribution in [1.82, 2.24) is 4.90 Å². The third kappa shape index (κ3) is 2.77. The third-order valence-corrected chi connectivity index (χ3v) is 6.15. The molecule has 5 nitrogen and oxygen atoms in total. The lowest BCUT2D eigenvalue weighted by molar-refractivity contribution is -0.116. The van der Waals surface area contributed by atoms with Crippen LogP contribution < -0.4 is 4.90 Å². The molecular formula is C13H13ClN2O3S2. The fraction of sp³-hybridized carbons (Fsp3) is 0.385. The lowest BCUT2D eigenvalue weighted by Gasteiger charge is -2.25. The van der Waals surface area contributed by atoms with Crippen LogP contribution in [0.5, 0.6) is 0 Å². The molecule has 1 amide bonds. The number of benzene rings is 1. The zero-order valence-electron chi connectivity index (χ0n) is 11.0. The molecule has 0 unspecified atom stereocenters. The van der Waals surface area contributed by atoms with E-state index in [1.807, 2.05) is 0 Å². The van der Waals surface area contributed by atoms with Gasteiger partial charge in [0.1, 0.15) is 6.54 Å². The fourth-order valence-corrected chi connectivity index (χ4v) is 4.95. The highest BCUT2D eigenvalue weighted by Gasteiger charge is 2.41. The van der Waals surface area contributed by atoms with E-state index in [2.05, 4.69) is 0 Å². The Kier molecular flexibility index (Phi) is 3.67. The van der Waals surface area contributed by atoms with E-state index >= 15 is 0 Å². The van der Waals surface area contributed by atoms with E-state index in [1.54, 1.807) is 29.2 Å². The molecule has 1 atom stereocenters. The predicted molar refractivity (Wildman–Crippen MR) is 85.3 cm³/mol. The molecule has 8 heteroatoms. The van der Waals surface area contributed by atoms with Crippen molar-refractivity contribution in [2.45, 2.75) is 12.5 Å². The highest BCUT2D eigenvalue weighted by atomic mass is 35.5. The Bertz CT molecular complexity index is 703. The molecule has 0 saturated carbocycles. The topological polar surface area (TPSA) is 57.7 Å². The number of thiocarbonyl (C=S) groups is 1. The lowest BCUT2D eigenvalue weighted by Crippen LogP contribution is -2.39. The van der Waals surface area contributed by atoms with Crippen molar-refractivity contribution in [3.8, 4) is 0 Å². The summed E-state index contributed by atoms with van der Waals surface area (Å²) in [5.41, 5.74) is 0.651. The summed E-state index contributed by atoms with van der Waals surface area (Å²) in [7, 11) is -3.01. The number of rotatable bonds is 2. The van der Waals surface area contributed by atoms with Crippen LogP contribution in [-0.2, 0) is 14.6 Å². The summed E-state index contributed by atoms with van der Waals surface area (Å²) in [4.78, 5) is 15.4. The normalized spacial score (nSPS) is 24.9. The summed E-state index contributed by atoms with van der Waals surface area (Å²) in [6.07, 6.45) is 0.518. The van der Waals surface area contributed by atoms with Gasteiger partial charge in [0.2, 0.25) is 0 Å². The summed E-state index contributed by atoms with van der Waals surface area (Å²) >= 11 is 11.2. The first kappa shape index (κ1) is 14.7. The molecule has 2 aliphatic rings. The summed E-state index contributed by atoms with van der Waals surface area (Å²) < 4.78 is 23.2. The van der Waals surface area contributed by atoms with Gasteiger partial charge >= 0.3 is 0 Å². The number of anilines is 1. The second-order valence-corrected chi connectivity index (χ2v) is 8.20. The Hall–Kier alpha value is -1.18. The van der Waals surface area contributed by atoms with Crippen LogP contribution in [0.2, 0.25) is 5.02 Å². The first-order valence-electron chi connectivity index (χ1n) is 6.47. The van der Waals surface area contributed by atoms with Crippen molar-refractivity contribution < 1.29 is 13.2 Å². The van der Waals surface area contributed by atoms with E-state index in [0.717, 1.165) is 0 Å². The Balaban J connectivity index is 1.84. The Morgan fingerprint density at radius 1 is 1.24 bits per heavy atom. The maximum Gasteiger partial charge on any atom is 0.252 e. The number of amides is 1. The third-order valence-electron chi connectivity index (χ3n) is 3.73. The molecule has 0 aromatic heterocycles. The second-order valence-electron chi connectivity index (χ2n) is 5.17. The van der Waals surface area contributed by atoms with Gasteiger partial charge in [0.25, 0.3) is 5.91 Å². The SMILES string of the molecule is O=C1CN([C@@H]2CCS(=O)(=O)C2)C(=S)N1c1ccc(Cl)cc1. The molecule has 112 valence electrons. The van der Waals surface area contributed by atoms with Crippen molar-refractivity contribution in [3.63, 3.8) is 0 Å². The number of hydrogen-bond acceptors (Lipinski definition) is 4. The number of nitrogens with zero attached hydrogens (tertiary/aromatic N) is 2. The lowest BCUT2D eigenvalue weighted by atomic mass is 10.2. The molecule has 2 saturated heterocycles. The number of halogens is 1. The van der Waals surface area contributed by atoms with E-state index in [-0.39, 0.29) is 30.0 Å². The van der Waals surface area contributed by atoms with Crippen molar-refractivity contribution in [2.24, 2.45) is 0 Å². The van der Waals surface area contributed by atoms with Crippen LogP contribution >= 0.6 is 23.8 Å². The second kappa shape index (κ2) is 5.23. The first-order valence-corrected chi connectivity index (χ1v) is 9.08. The van der Waals surface area contributed by atoms with E-state index in [0.29, 0.717) is 22.2 Å². The Morgan fingerprint density at radius 3 is 2.48 bits per heavy atom. The van der Waals surface area contributed by atoms with Crippen molar-refractivity contribution >= 4 is 50.4 Å². The van der Waals surface area contributed by atoms with Gasteiger partial charge in [0.05, 0.1) is 17.2 Å². The Morgan fingerprint density at radius 2 is 1.90 bits per heavy atom. The average molecular weight is 345 g/mol. The summed E-state index contributed by atoms with van der Waals surface area (Å²) in [5.74, 6) is 0.0764. The molecule has 3 rings (SSSR count). The zero-order valence-corrected chi connectivity index (χ0v) is 13.4. The summed E-state index contributed by atoms with van der Waals surface area (Å²) in [6.45, 7) is 0.127. The minimum absolute atomic E-state index is 0.0644. The molecular weight excluding hydrogens is 332 g/mol.